The molecule has 2 fully saturated rings. The molecular weight excluding hydrogens is 261 g/mol. The van der Waals surface area contributed by atoms with Crippen LogP contribution in [0.4, 0.5) is 4.39 Å². The highest BCUT2D eigenvalue weighted by molar-refractivity contribution is 5.94. The van der Waals surface area contributed by atoms with Gasteiger partial charge in [0.25, 0.3) is 5.91 Å². The summed E-state index contributed by atoms with van der Waals surface area (Å²) in [5, 5.41) is 2.95. The van der Waals surface area contributed by atoms with E-state index >= 15 is 0 Å². The molecule has 1 saturated carbocycles. The molecule has 108 valence electrons. The zero-order chi connectivity index (χ0) is 13.9. The fraction of sp³-hybridized carbons (Fsp3) is 0.533. The standard InChI is InChI=1S/C15H18FNO3/c16-11-3-1-2-10(8-11)15(18)17-12-4-5-13-14(9-12)20-7-6-19-13/h1-3,8,12-14H,4-7,9H2,(H,17,18). The SMILES string of the molecule is O=C(NC1CCC2OCCOC2C1)c1cccc(F)c1. The van der Waals surface area contributed by atoms with Crippen molar-refractivity contribution < 1.29 is 18.7 Å². The predicted molar refractivity (Wildman–Crippen MR) is 71.0 cm³/mol. The average molecular weight is 279 g/mol. The Kier molecular flexibility index (Phi) is 3.98. The van der Waals surface area contributed by atoms with Crippen LogP contribution in [0.3, 0.4) is 0 Å². The van der Waals surface area contributed by atoms with Gasteiger partial charge in [0.05, 0.1) is 25.4 Å². The van der Waals surface area contributed by atoms with Crippen LogP contribution in [0.2, 0.25) is 0 Å². The number of carbonyl (C=O) groups excluding carboxylic acids is 1. The number of hydrogen-bond acceptors (Lipinski definition) is 3. The summed E-state index contributed by atoms with van der Waals surface area (Å²) in [7, 11) is 0. The van der Waals surface area contributed by atoms with E-state index in [2.05, 4.69) is 5.32 Å². The Balaban J connectivity index is 1.59. The van der Waals surface area contributed by atoms with E-state index in [1.54, 1.807) is 12.1 Å². The Morgan fingerprint density at radius 3 is 2.80 bits per heavy atom. The molecule has 1 aliphatic carbocycles. The van der Waals surface area contributed by atoms with E-state index < -0.39 is 5.82 Å². The topological polar surface area (TPSA) is 47.6 Å². The van der Waals surface area contributed by atoms with Crippen LogP contribution in [0, 0.1) is 5.82 Å². The third-order valence-electron chi connectivity index (χ3n) is 3.90. The molecule has 5 heteroatoms. The lowest BCUT2D eigenvalue weighted by atomic mass is 9.89. The molecule has 1 aromatic rings. The fourth-order valence-corrected chi connectivity index (χ4v) is 2.90. The van der Waals surface area contributed by atoms with Crippen LogP contribution < -0.4 is 5.32 Å². The van der Waals surface area contributed by atoms with Crippen LogP contribution in [0.15, 0.2) is 24.3 Å². The minimum Gasteiger partial charge on any atom is -0.373 e. The van der Waals surface area contributed by atoms with Crippen molar-refractivity contribution in [2.75, 3.05) is 13.2 Å². The summed E-state index contributed by atoms with van der Waals surface area (Å²) in [5.74, 6) is -0.630. The first kappa shape index (κ1) is 13.5. The van der Waals surface area contributed by atoms with Crippen LogP contribution in [-0.2, 0) is 9.47 Å². The van der Waals surface area contributed by atoms with E-state index in [9.17, 15) is 9.18 Å². The molecule has 0 radical (unpaired) electrons. The normalized spacial score (nSPS) is 29.6. The molecule has 3 unspecified atom stereocenters. The zero-order valence-corrected chi connectivity index (χ0v) is 11.2. The van der Waals surface area contributed by atoms with Crippen molar-refractivity contribution in [1.82, 2.24) is 5.32 Å². The fourth-order valence-electron chi connectivity index (χ4n) is 2.90. The number of rotatable bonds is 2. The minimum absolute atomic E-state index is 0.0636. The van der Waals surface area contributed by atoms with Crippen molar-refractivity contribution in [3.63, 3.8) is 0 Å². The van der Waals surface area contributed by atoms with E-state index in [4.69, 9.17) is 9.47 Å². The average Bonchev–Trinajstić information content (AvgIpc) is 2.47. The van der Waals surface area contributed by atoms with Gasteiger partial charge in [-0.25, -0.2) is 4.39 Å². The van der Waals surface area contributed by atoms with Crippen LogP contribution in [0.1, 0.15) is 29.6 Å². The van der Waals surface area contributed by atoms with Crippen molar-refractivity contribution in [3.05, 3.63) is 35.6 Å². The van der Waals surface area contributed by atoms with Gasteiger partial charge in [0, 0.05) is 11.6 Å². The molecule has 3 rings (SSSR count). The van der Waals surface area contributed by atoms with Gasteiger partial charge in [0.1, 0.15) is 5.82 Å². The van der Waals surface area contributed by atoms with Crippen molar-refractivity contribution in [1.29, 1.82) is 0 Å². The number of fused-ring (bicyclic) bond motifs is 1. The first-order valence-electron chi connectivity index (χ1n) is 7.02. The highest BCUT2D eigenvalue weighted by atomic mass is 19.1. The molecule has 0 bridgehead atoms. The van der Waals surface area contributed by atoms with E-state index in [0.29, 0.717) is 18.8 Å². The van der Waals surface area contributed by atoms with Crippen LogP contribution in [0.5, 0.6) is 0 Å². The number of halogens is 1. The summed E-state index contributed by atoms with van der Waals surface area (Å²) in [5.41, 5.74) is 0.355. The molecule has 1 N–H and O–H groups in total. The molecule has 0 aromatic heterocycles. The van der Waals surface area contributed by atoms with E-state index in [1.165, 1.54) is 12.1 Å². The first-order chi connectivity index (χ1) is 9.72. The van der Waals surface area contributed by atoms with Gasteiger partial charge in [-0.15, -0.1) is 0 Å². The van der Waals surface area contributed by atoms with Gasteiger partial charge in [-0.2, -0.15) is 0 Å². The summed E-state index contributed by atoms with van der Waals surface area (Å²) in [6.45, 7) is 1.27. The quantitative estimate of drug-likeness (QED) is 0.899. The van der Waals surface area contributed by atoms with Crippen molar-refractivity contribution in [2.45, 2.75) is 37.5 Å². The second-order valence-electron chi connectivity index (χ2n) is 5.31. The molecule has 2 aliphatic rings. The third-order valence-corrected chi connectivity index (χ3v) is 3.90. The summed E-state index contributed by atoms with van der Waals surface area (Å²) in [6.07, 6.45) is 2.73. The third kappa shape index (κ3) is 2.99. The van der Waals surface area contributed by atoms with Crippen molar-refractivity contribution in [2.24, 2.45) is 0 Å². The van der Waals surface area contributed by atoms with Crippen LogP contribution >= 0.6 is 0 Å². The molecule has 3 atom stereocenters. The predicted octanol–water partition coefficient (Wildman–Crippen LogP) is 1.89. The maximum Gasteiger partial charge on any atom is 0.251 e. The number of benzene rings is 1. The molecular formula is C15H18FNO3. The van der Waals surface area contributed by atoms with E-state index in [1.807, 2.05) is 0 Å². The van der Waals surface area contributed by atoms with E-state index in [-0.39, 0.29) is 24.2 Å². The number of carbonyl (C=O) groups is 1. The lowest BCUT2D eigenvalue weighted by Crippen LogP contribution is -2.49. The second-order valence-corrected chi connectivity index (χ2v) is 5.31. The number of ether oxygens (including phenoxy) is 2. The van der Waals surface area contributed by atoms with Crippen LogP contribution in [0.25, 0.3) is 0 Å². The molecule has 1 aromatic carbocycles. The van der Waals surface area contributed by atoms with E-state index in [0.717, 1.165) is 19.3 Å². The maximum absolute atomic E-state index is 13.1. The monoisotopic (exact) mass is 279 g/mol. The maximum atomic E-state index is 13.1. The van der Waals surface area contributed by atoms with Gasteiger partial charge in [-0.1, -0.05) is 6.07 Å². The summed E-state index contributed by atoms with van der Waals surface area (Å²) < 4.78 is 24.4. The second kappa shape index (κ2) is 5.89. The molecule has 4 nitrogen and oxygen atoms in total. The Bertz CT molecular complexity index is 494. The molecule has 0 spiro atoms. The van der Waals surface area contributed by atoms with Gasteiger partial charge in [0.15, 0.2) is 0 Å². The molecule has 1 amide bonds. The summed E-state index contributed by atoms with van der Waals surface area (Å²) in [4.78, 5) is 12.1. The van der Waals surface area contributed by atoms with Crippen molar-refractivity contribution in [3.8, 4) is 0 Å². The smallest absolute Gasteiger partial charge is 0.251 e. The Morgan fingerprint density at radius 2 is 2.00 bits per heavy atom. The number of nitrogens with one attached hydrogen (secondary N) is 1. The van der Waals surface area contributed by atoms with Gasteiger partial charge in [0.2, 0.25) is 0 Å². The highest BCUT2D eigenvalue weighted by Crippen LogP contribution is 2.26. The number of hydrogen-bond donors (Lipinski definition) is 1. The van der Waals surface area contributed by atoms with Gasteiger partial charge in [-0.05, 0) is 37.5 Å². The van der Waals surface area contributed by atoms with Crippen LogP contribution in [-0.4, -0.2) is 37.4 Å². The highest BCUT2D eigenvalue weighted by Gasteiger charge is 2.34. The Morgan fingerprint density at radius 1 is 1.20 bits per heavy atom. The molecule has 1 heterocycles. The summed E-state index contributed by atoms with van der Waals surface area (Å²) in [6, 6.07) is 5.80. The Labute approximate surface area is 117 Å². The minimum atomic E-state index is -0.398. The molecule has 1 saturated heterocycles. The van der Waals surface area contributed by atoms with Crippen molar-refractivity contribution >= 4 is 5.91 Å². The number of amides is 1. The van der Waals surface area contributed by atoms with Gasteiger partial charge < -0.3 is 14.8 Å². The summed E-state index contributed by atoms with van der Waals surface area (Å²) >= 11 is 0. The Hall–Kier alpha value is -1.46. The zero-order valence-electron chi connectivity index (χ0n) is 11.2. The van der Waals surface area contributed by atoms with Gasteiger partial charge in [-0.3, -0.25) is 4.79 Å². The largest absolute Gasteiger partial charge is 0.373 e. The lowest BCUT2D eigenvalue weighted by molar-refractivity contribution is -0.157. The first-order valence-corrected chi connectivity index (χ1v) is 7.02. The lowest BCUT2D eigenvalue weighted by Gasteiger charge is -2.39. The molecule has 1 aliphatic heterocycles. The molecule has 20 heavy (non-hydrogen) atoms. The van der Waals surface area contributed by atoms with Gasteiger partial charge >= 0.3 is 0 Å².